The summed E-state index contributed by atoms with van der Waals surface area (Å²) in [7, 11) is 0. The van der Waals surface area contributed by atoms with Crippen molar-refractivity contribution < 1.29 is 9.13 Å². The third-order valence-corrected chi connectivity index (χ3v) is 4.50. The van der Waals surface area contributed by atoms with Gasteiger partial charge in [-0.2, -0.15) is 0 Å². The summed E-state index contributed by atoms with van der Waals surface area (Å²) in [6.45, 7) is 1.16. The molecule has 0 amide bonds. The molecule has 2 nitrogen and oxygen atoms in total. The first-order valence-corrected chi connectivity index (χ1v) is 7.39. The molecule has 0 saturated carbocycles. The lowest BCUT2D eigenvalue weighted by Gasteiger charge is -2.38. The van der Waals surface area contributed by atoms with E-state index in [1.165, 1.54) is 6.07 Å². The predicted molar refractivity (Wildman–Crippen MR) is 82.4 cm³/mol. The number of halogens is 2. The second-order valence-electron chi connectivity index (χ2n) is 5.50. The Kier molecular flexibility index (Phi) is 3.87. The van der Waals surface area contributed by atoms with Gasteiger partial charge >= 0.3 is 0 Å². The molecule has 0 fully saturated rings. The molecule has 110 valence electrons. The van der Waals surface area contributed by atoms with E-state index >= 15 is 0 Å². The molecule has 2 N–H and O–H groups in total. The van der Waals surface area contributed by atoms with Gasteiger partial charge in [-0.15, -0.1) is 0 Å². The highest BCUT2D eigenvalue weighted by Crippen LogP contribution is 2.40. The van der Waals surface area contributed by atoms with Gasteiger partial charge in [0.2, 0.25) is 0 Å². The topological polar surface area (TPSA) is 35.2 Å². The van der Waals surface area contributed by atoms with Crippen molar-refractivity contribution in [2.24, 2.45) is 5.73 Å². The van der Waals surface area contributed by atoms with Crippen LogP contribution in [-0.4, -0.2) is 13.2 Å². The third-order valence-electron chi connectivity index (χ3n) is 4.21. The zero-order valence-corrected chi connectivity index (χ0v) is 12.4. The van der Waals surface area contributed by atoms with Crippen molar-refractivity contribution in [1.82, 2.24) is 0 Å². The van der Waals surface area contributed by atoms with Gasteiger partial charge in [-0.1, -0.05) is 35.9 Å². The molecule has 0 aliphatic carbocycles. The fraction of sp³-hybridized carbons (Fsp3) is 0.294. The van der Waals surface area contributed by atoms with Crippen LogP contribution < -0.4 is 10.5 Å². The summed E-state index contributed by atoms with van der Waals surface area (Å²) in [5, 5.41) is 0.153. The van der Waals surface area contributed by atoms with E-state index in [0.717, 1.165) is 29.7 Å². The summed E-state index contributed by atoms with van der Waals surface area (Å²) in [5.74, 6) is 0.497. The van der Waals surface area contributed by atoms with E-state index in [1.54, 1.807) is 12.1 Å². The summed E-state index contributed by atoms with van der Waals surface area (Å²) < 4.78 is 19.0. The van der Waals surface area contributed by atoms with Crippen molar-refractivity contribution in [3.05, 3.63) is 64.4 Å². The summed E-state index contributed by atoms with van der Waals surface area (Å²) in [6, 6.07) is 12.9. The lowest BCUT2D eigenvalue weighted by Crippen LogP contribution is -2.41. The Labute approximate surface area is 128 Å². The second-order valence-corrected chi connectivity index (χ2v) is 5.91. The van der Waals surface area contributed by atoms with Crippen molar-refractivity contribution in [2.45, 2.75) is 18.3 Å². The molecule has 3 rings (SSSR count). The highest BCUT2D eigenvalue weighted by atomic mass is 35.5. The third kappa shape index (κ3) is 2.63. The van der Waals surface area contributed by atoms with Gasteiger partial charge in [0, 0.05) is 17.5 Å². The van der Waals surface area contributed by atoms with Gasteiger partial charge < -0.3 is 10.5 Å². The second kappa shape index (κ2) is 5.66. The van der Waals surface area contributed by atoms with Crippen LogP contribution in [0.25, 0.3) is 0 Å². The maximum Gasteiger partial charge on any atom is 0.141 e. The van der Waals surface area contributed by atoms with Crippen molar-refractivity contribution in [3.63, 3.8) is 0 Å². The smallest absolute Gasteiger partial charge is 0.141 e. The van der Waals surface area contributed by atoms with Crippen LogP contribution in [-0.2, 0) is 11.8 Å². The van der Waals surface area contributed by atoms with Gasteiger partial charge in [0.15, 0.2) is 0 Å². The Hall–Kier alpha value is -1.58. The fourth-order valence-corrected chi connectivity index (χ4v) is 3.23. The van der Waals surface area contributed by atoms with Crippen LogP contribution >= 0.6 is 11.6 Å². The van der Waals surface area contributed by atoms with Crippen LogP contribution in [0.5, 0.6) is 5.75 Å². The number of nitrogens with two attached hydrogens (primary N) is 1. The zero-order valence-electron chi connectivity index (χ0n) is 11.6. The van der Waals surface area contributed by atoms with Gasteiger partial charge in [0.1, 0.15) is 11.6 Å². The van der Waals surface area contributed by atoms with Crippen LogP contribution in [0.4, 0.5) is 4.39 Å². The predicted octanol–water partition coefficient (Wildman–Crippen LogP) is 3.70. The average Bonchev–Trinajstić information content (AvgIpc) is 2.51. The van der Waals surface area contributed by atoms with E-state index in [9.17, 15) is 4.39 Å². The van der Waals surface area contributed by atoms with E-state index in [1.807, 2.05) is 18.2 Å². The lowest BCUT2D eigenvalue weighted by molar-refractivity contribution is 0.215. The van der Waals surface area contributed by atoms with Gasteiger partial charge in [0.05, 0.1) is 11.6 Å². The summed E-state index contributed by atoms with van der Waals surface area (Å²) >= 11 is 5.89. The van der Waals surface area contributed by atoms with E-state index in [-0.39, 0.29) is 10.4 Å². The molecule has 2 aromatic carbocycles. The zero-order chi connectivity index (χ0) is 14.9. The van der Waals surface area contributed by atoms with Gasteiger partial charge in [-0.3, -0.25) is 0 Å². The summed E-state index contributed by atoms with van der Waals surface area (Å²) in [5.41, 5.74) is 8.04. The van der Waals surface area contributed by atoms with Crippen LogP contribution in [0.15, 0.2) is 42.5 Å². The molecule has 0 spiro atoms. The normalized spacial score (nSPS) is 20.7. The molecule has 4 heteroatoms. The Morgan fingerprint density at radius 1 is 1.24 bits per heavy atom. The number of benzene rings is 2. The van der Waals surface area contributed by atoms with E-state index in [0.29, 0.717) is 13.2 Å². The monoisotopic (exact) mass is 305 g/mol. The Morgan fingerprint density at radius 2 is 2.05 bits per heavy atom. The van der Waals surface area contributed by atoms with Crippen molar-refractivity contribution >= 4 is 11.6 Å². The number of hydrogen-bond donors (Lipinski definition) is 1. The maximum atomic E-state index is 13.3. The number of para-hydroxylation sites is 1. The Balaban J connectivity index is 2.00. The molecule has 0 saturated heterocycles. The highest BCUT2D eigenvalue weighted by molar-refractivity contribution is 6.30. The van der Waals surface area contributed by atoms with Gasteiger partial charge in [-0.05, 0) is 36.6 Å². The van der Waals surface area contributed by atoms with Crippen LogP contribution in [0.3, 0.4) is 0 Å². The van der Waals surface area contributed by atoms with E-state index in [4.69, 9.17) is 22.1 Å². The van der Waals surface area contributed by atoms with Crippen LogP contribution in [0.1, 0.15) is 17.5 Å². The highest BCUT2D eigenvalue weighted by Gasteiger charge is 2.36. The van der Waals surface area contributed by atoms with Crippen molar-refractivity contribution in [2.75, 3.05) is 13.2 Å². The maximum absolute atomic E-state index is 13.3. The first-order valence-electron chi connectivity index (χ1n) is 7.01. The van der Waals surface area contributed by atoms with E-state index in [2.05, 4.69) is 6.07 Å². The molecular weight excluding hydrogens is 289 g/mol. The molecule has 1 atom stereocenters. The van der Waals surface area contributed by atoms with Crippen LogP contribution in [0, 0.1) is 5.82 Å². The minimum absolute atomic E-state index is 0.153. The van der Waals surface area contributed by atoms with Gasteiger partial charge in [0.25, 0.3) is 0 Å². The quantitative estimate of drug-likeness (QED) is 0.938. The molecule has 0 radical (unpaired) electrons. The standard InChI is InChI=1S/C17H17ClFNO/c18-14-9-12(5-6-15(14)19)10-17(11-20)7-8-21-16-4-2-1-3-13(16)17/h1-6,9H,7-8,10-11,20H2. The Bertz CT molecular complexity index is 661. The molecule has 1 heterocycles. The molecule has 1 aliphatic rings. The molecule has 1 aliphatic heterocycles. The van der Waals surface area contributed by atoms with E-state index < -0.39 is 5.82 Å². The average molecular weight is 306 g/mol. The minimum atomic E-state index is -0.394. The number of rotatable bonds is 3. The lowest BCUT2D eigenvalue weighted by atomic mass is 9.72. The molecule has 0 bridgehead atoms. The van der Waals surface area contributed by atoms with Crippen molar-refractivity contribution in [3.8, 4) is 5.75 Å². The molecule has 2 aromatic rings. The van der Waals surface area contributed by atoms with Crippen molar-refractivity contribution in [1.29, 1.82) is 0 Å². The van der Waals surface area contributed by atoms with Gasteiger partial charge in [-0.25, -0.2) is 4.39 Å². The minimum Gasteiger partial charge on any atom is -0.493 e. The molecular formula is C17H17ClFNO. The molecule has 0 aromatic heterocycles. The first-order chi connectivity index (χ1) is 10.1. The summed E-state index contributed by atoms with van der Waals surface area (Å²) in [6.07, 6.45) is 1.57. The number of hydrogen-bond acceptors (Lipinski definition) is 2. The number of ether oxygens (including phenoxy) is 1. The number of fused-ring (bicyclic) bond motifs is 1. The molecule has 21 heavy (non-hydrogen) atoms. The Morgan fingerprint density at radius 3 is 2.81 bits per heavy atom. The first kappa shape index (κ1) is 14.4. The SMILES string of the molecule is NCC1(Cc2ccc(F)c(Cl)c2)CCOc2ccccc21. The molecule has 1 unspecified atom stereocenters. The van der Waals surface area contributed by atoms with Crippen LogP contribution in [0.2, 0.25) is 5.02 Å². The largest absolute Gasteiger partial charge is 0.493 e. The summed E-state index contributed by atoms with van der Waals surface area (Å²) in [4.78, 5) is 0. The fourth-order valence-electron chi connectivity index (χ4n) is 3.03.